The van der Waals surface area contributed by atoms with Gasteiger partial charge in [0.25, 0.3) is 0 Å². The molecule has 37 heavy (non-hydrogen) atoms. The van der Waals surface area contributed by atoms with Crippen molar-refractivity contribution in [3.8, 4) is 11.1 Å². The predicted octanol–water partition coefficient (Wildman–Crippen LogP) is 11.2. The second kappa shape index (κ2) is 18.1. The van der Waals surface area contributed by atoms with Crippen LogP contribution in [0.2, 0.25) is 0 Å². The molecule has 1 aliphatic carbocycles. The van der Waals surface area contributed by atoms with Crippen LogP contribution in [0, 0.1) is 10.8 Å². The number of nitroso groups, excluding NO2 is 1. The molecule has 0 bridgehead atoms. The Kier molecular flexibility index (Phi) is 15.2. The first-order valence-corrected chi connectivity index (χ1v) is 15.1. The first-order valence-electron chi connectivity index (χ1n) is 15.1. The highest BCUT2D eigenvalue weighted by Crippen LogP contribution is 2.38. The third-order valence-electron chi connectivity index (χ3n) is 7.80. The maximum atomic E-state index is 10.5. The molecule has 0 atom stereocenters. The minimum Gasteiger partial charge on any atom is -0.151 e. The minimum atomic E-state index is 0.360. The quantitative estimate of drug-likeness (QED) is 0.143. The normalized spacial score (nSPS) is 17.1. The van der Waals surface area contributed by atoms with Gasteiger partial charge in [-0.1, -0.05) is 118 Å². The van der Waals surface area contributed by atoms with E-state index in [1.165, 1.54) is 110 Å². The van der Waals surface area contributed by atoms with Gasteiger partial charge in [0.2, 0.25) is 0 Å². The summed E-state index contributed by atoms with van der Waals surface area (Å²) in [4.78, 5) is 10.5. The van der Waals surface area contributed by atoms with E-state index in [1.807, 2.05) is 13.8 Å². The van der Waals surface area contributed by atoms with Crippen LogP contribution < -0.4 is 0 Å². The molecule has 0 aromatic heterocycles. The van der Waals surface area contributed by atoms with Crippen LogP contribution in [0.4, 0.5) is 0 Å². The zero-order valence-corrected chi connectivity index (χ0v) is 24.4. The molecule has 0 heterocycles. The Morgan fingerprint density at radius 1 is 0.865 bits per heavy atom. The Morgan fingerprint density at radius 3 is 2.08 bits per heavy atom. The first-order chi connectivity index (χ1) is 18.0. The summed E-state index contributed by atoms with van der Waals surface area (Å²) in [6.45, 7) is 12.4. The number of benzene rings is 2. The minimum absolute atomic E-state index is 0.360. The van der Waals surface area contributed by atoms with E-state index >= 15 is 0 Å². The number of rotatable bonds is 14. The van der Waals surface area contributed by atoms with Crippen LogP contribution in [-0.2, 0) is 12.8 Å². The van der Waals surface area contributed by atoms with E-state index in [4.69, 9.17) is 0 Å². The molecule has 2 aromatic rings. The molecule has 0 aliphatic heterocycles. The van der Waals surface area contributed by atoms with Crippen molar-refractivity contribution in [1.29, 1.82) is 0 Å². The summed E-state index contributed by atoms with van der Waals surface area (Å²) < 4.78 is 0. The van der Waals surface area contributed by atoms with Crippen molar-refractivity contribution in [3.05, 3.63) is 76.2 Å². The highest BCUT2D eigenvalue weighted by atomic mass is 16.3. The van der Waals surface area contributed by atoms with E-state index in [2.05, 4.69) is 68.1 Å². The third kappa shape index (κ3) is 11.8. The SMILES string of the molecule is C=C(C)C.CCCCCCCCCC1CCC(c2ccc(-c3ccc(CCN=O)cc3CC)cc2)CC1. The van der Waals surface area contributed by atoms with E-state index in [0.717, 1.165) is 24.7 Å². The molecule has 204 valence electrons. The molecule has 0 radical (unpaired) electrons. The Morgan fingerprint density at radius 2 is 1.49 bits per heavy atom. The van der Waals surface area contributed by atoms with E-state index in [9.17, 15) is 4.91 Å². The van der Waals surface area contributed by atoms with Crippen molar-refractivity contribution in [2.45, 2.75) is 124 Å². The molecule has 0 amide bonds. The lowest BCUT2D eigenvalue weighted by Crippen LogP contribution is -2.13. The summed E-state index contributed by atoms with van der Waals surface area (Å²) in [5.74, 6) is 1.71. The van der Waals surface area contributed by atoms with Crippen molar-refractivity contribution in [1.82, 2.24) is 0 Å². The lowest BCUT2D eigenvalue weighted by Gasteiger charge is -2.29. The van der Waals surface area contributed by atoms with Gasteiger partial charge in [-0.25, -0.2) is 0 Å². The molecular weight excluding hydrogens is 450 g/mol. The Bertz CT molecular complexity index is 901. The molecule has 1 fully saturated rings. The van der Waals surface area contributed by atoms with Crippen LogP contribution in [0.1, 0.15) is 127 Å². The maximum absolute atomic E-state index is 10.5. The van der Waals surface area contributed by atoms with Gasteiger partial charge in [-0.3, -0.25) is 0 Å². The first kappa shape index (κ1) is 31.0. The number of hydrogen-bond acceptors (Lipinski definition) is 2. The van der Waals surface area contributed by atoms with Gasteiger partial charge in [0.1, 0.15) is 0 Å². The smallest absolute Gasteiger partial charge is 0.0851 e. The Labute approximate surface area is 228 Å². The number of hydrogen-bond donors (Lipinski definition) is 0. The molecule has 2 heteroatoms. The number of allylic oxidation sites excluding steroid dienone is 1. The van der Waals surface area contributed by atoms with E-state index in [0.29, 0.717) is 6.54 Å². The van der Waals surface area contributed by atoms with Gasteiger partial charge >= 0.3 is 0 Å². The summed E-state index contributed by atoms with van der Waals surface area (Å²) in [6, 6.07) is 16.0. The number of aryl methyl sites for hydroxylation is 1. The van der Waals surface area contributed by atoms with Crippen LogP contribution >= 0.6 is 0 Å². The fraction of sp³-hybridized carbons (Fsp3) is 0.600. The second-order valence-corrected chi connectivity index (χ2v) is 11.4. The van der Waals surface area contributed by atoms with Gasteiger partial charge in [0, 0.05) is 0 Å². The number of nitrogens with zero attached hydrogens (tertiary/aromatic N) is 1. The maximum Gasteiger partial charge on any atom is 0.0851 e. The van der Waals surface area contributed by atoms with Crippen molar-refractivity contribution < 1.29 is 0 Å². The van der Waals surface area contributed by atoms with Crippen molar-refractivity contribution in [2.75, 3.05) is 6.54 Å². The van der Waals surface area contributed by atoms with Gasteiger partial charge in [0.15, 0.2) is 0 Å². The molecule has 0 N–H and O–H groups in total. The topological polar surface area (TPSA) is 29.4 Å². The number of unbranched alkanes of at least 4 members (excludes halogenated alkanes) is 6. The average molecular weight is 504 g/mol. The highest BCUT2D eigenvalue weighted by Gasteiger charge is 2.22. The standard InChI is InChI=1S/C31H45NO.C4H8/c1-3-5-6-7-8-9-10-11-25-12-15-28(16-13-25)29-17-19-30(20-18-29)31-21-14-26(22-23-32-33)24-27(31)4-2;1-4(2)3/h14,17-21,24-25,28H,3-13,15-16,22-23H2,1-2H3;1H2,2-3H3. The molecule has 2 nitrogen and oxygen atoms in total. The highest BCUT2D eigenvalue weighted by molar-refractivity contribution is 5.68. The monoisotopic (exact) mass is 503 g/mol. The van der Waals surface area contributed by atoms with Crippen molar-refractivity contribution in [3.63, 3.8) is 0 Å². The van der Waals surface area contributed by atoms with E-state index in [-0.39, 0.29) is 0 Å². The van der Waals surface area contributed by atoms with Crippen LogP contribution in [0.25, 0.3) is 11.1 Å². The fourth-order valence-electron chi connectivity index (χ4n) is 5.66. The lowest BCUT2D eigenvalue weighted by atomic mass is 9.77. The summed E-state index contributed by atoms with van der Waals surface area (Å²) in [5.41, 5.74) is 7.89. The third-order valence-corrected chi connectivity index (χ3v) is 7.80. The van der Waals surface area contributed by atoms with Gasteiger partial charge < -0.3 is 0 Å². The molecule has 2 aromatic carbocycles. The second-order valence-electron chi connectivity index (χ2n) is 11.4. The van der Waals surface area contributed by atoms with Gasteiger partial charge in [-0.2, -0.15) is 4.91 Å². The van der Waals surface area contributed by atoms with Gasteiger partial charge in [0.05, 0.1) is 6.54 Å². The van der Waals surface area contributed by atoms with Crippen LogP contribution in [0.5, 0.6) is 0 Å². The molecule has 0 unspecified atom stereocenters. The zero-order chi connectivity index (χ0) is 26.9. The molecular formula is C35H53NO. The largest absolute Gasteiger partial charge is 0.151 e. The van der Waals surface area contributed by atoms with Gasteiger partial charge in [-0.15, -0.1) is 6.58 Å². The summed E-state index contributed by atoms with van der Waals surface area (Å²) in [7, 11) is 0. The molecule has 1 aliphatic rings. The van der Waals surface area contributed by atoms with E-state index in [1.54, 1.807) is 0 Å². The predicted molar refractivity (Wildman–Crippen MR) is 163 cm³/mol. The van der Waals surface area contributed by atoms with Crippen molar-refractivity contribution >= 4 is 0 Å². The van der Waals surface area contributed by atoms with E-state index < -0.39 is 0 Å². The average Bonchev–Trinajstić information content (AvgIpc) is 2.91. The van der Waals surface area contributed by atoms with Crippen LogP contribution in [-0.4, -0.2) is 6.54 Å². The zero-order valence-electron chi connectivity index (χ0n) is 24.4. The summed E-state index contributed by atoms with van der Waals surface area (Å²) >= 11 is 0. The van der Waals surface area contributed by atoms with Crippen molar-refractivity contribution in [2.24, 2.45) is 11.1 Å². The summed E-state index contributed by atoms with van der Waals surface area (Å²) in [5, 5.41) is 3.01. The molecule has 0 spiro atoms. The molecule has 3 rings (SSSR count). The Hall–Kier alpha value is -2.22. The molecule has 0 saturated heterocycles. The fourth-order valence-corrected chi connectivity index (χ4v) is 5.66. The molecule has 1 saturated carbocycles. The lowest BCUT2D eigenvalue weighted by molar-refractivity contribution is 0.302. The van der Waals surface area contributed by atoms with Crippen LogP contribution in [0.3, 0.4) is 0 Å². The Balaban J connectivity index is 0.00000112. The van der Waals surface area contributed by atoms with Crippen LogP contribution in [0.15, 0.2) is 59.8 Å². The summed E-state index contributed by atoms with van der Waals surface area (Å²) in [6.07, 6.45) is 18.7. The van der Waals surface area contributed by atoms with Gasteiger partial charge in [-0.05, 0) is 92.0 Å².